The van der Waals surface area contributed by atoms with Crippen LogP contribution in [0.2, 0.25) is 0 Å². The van der Waals surface area contributed by atoms with Crippen molar-refractivity contribution in [3.63, 3.8) is 0 Å². The lowest BCUT2D eigenvalue weighted by Gasteiger charge is -2.27. The molecule has 0 bridgehead atoms. The molecule has 0 aromatic heterocycles. The molecular weight excluding hydrogens is 205 g/mol. The van der Waals surface area contributed by atoms with Gasteiger partial charge in [0.25, 0.3) is 0 Å². The Morgan fingerprint density at radius 2 is 1.94 bits per heavy atom. The van der Waals surface area contributed by atoms with Gasteiger partial charge in [0.2, 0.25) is 0 Å². The van der Waals surface area contributed by atoms with Gasteiger partial charge in [-0.05, 0) is 24.8 Å². The highest BCUT2D eigenvalue weighted by atomic mass is 19.1. The van der Waals surface area contributed by atoms with Crippen molar-refractivity contribution in [2.75, 3.05) is 0 Å². The second-order valence-corrected chi connectivity index (χ2v) is 4.63. The molecule has 1 aromatic carbocycles. The molecule has 0 amide bonds. The van der Waals surface area contributed by atoms with Crippen molar-refractivity contribution < 1.29 is 9.50 Å². The van der Waals surface area contributed by atoms with Crippen LogP contribution in [-0.2, 0) is 0 Å². The van der Waals surface area contributed by atoms with Gasteiger partial charge in [0.05, 0.1) is 0 Å². The van der Waals surface area contributed by atoms with Crippen molar-refractivity contribution in [3.05, 3.63) is 29.6 Å². The zero-order valence-electron chi connectivity index (χ0n) is 9.32. The van der Waals surface area contributed by atoms with Gasteiger partial charge in [0.15, 0.2) is 0 Å². The van der Waals surface area contributed by atoms with Crippen molar-refractivity contribution in [3.8, 4) is 5.75 Å². The molecule has 0 aliphatic heterocycles. The van der Waals surface area contributed by atoms with E-state index < -0.39 is 5.82 Å². The van der Waals surface area contributed by atoms with Crippen LogP contribution in [0.15, 0.2) is 18.2 Å². The summed E-state index contributed by atoms with van der Waals surface area (Å²) in [6.07, 6.45) is 5.82. The summed E-state index contributed by atoms with van der Waals surface area (Å²) in [6, 6.07) is 4.00. The molecule has 0 saturated heterocycles. The molecule has 0 radical (unpaired) electrons. The van der Waals surface area contributed by atoms with E-state index in [1.165, 1.54) is 25.3 Å². The fraction of sp³-hybridized carbons (Fsp3) is 0.538. The van der Waals surface area contributed by atoms with E-state index in [-0.39, 0.29) is 11.8 Å². The number of hydrogen-bond donors (Lipinski definition) is 2. The quantitative estimate of drug-likeness (QED) is 0.809. The molecule has 1 aromatic rings. The minimum absolute atomic E-state index is 0.0444. The Kier molecular flexibility index (Phi) is 3.44. The van der Waals surface area contributed by atoms with Gasteiger partial charge < -0.3 is 10.8 Å². The van der Waals surface area contributed by atoms with E-state index in [0.29, 0.717) is 11.5 Å². The minimum Gasteiger partial charge on any atom is -0.508 e. The van der Waals surface area contributed by atoms with Crippen LogP contribution in [0, 0.1) is 11.7 Å². The molecule has 3 heteroatoms. The third-order valence-electron chi connectivity index (χ3n) is 3.50. The Bertz CT molecular complexity index is 361. The van der Waals surface area contributed by atoms with Crippen molar-refractivity contribution >= 4 is 0 Å². The van der Waals surface area contributed by atoms with E-state index in [2.05, 4.69) is 0 Å². The second kappa shape index (κ2) is 4.83. The Morgan fingerprint density at radius 1 is 1.25 bits per heavy atom. The van der Waals surface area contributed by atoms with E-state index >= 15 is 0 Å². The highest BCUT2D eigenvalue weighted by molar-refractivity contribution is 5.30. The van der Waals surface area contributed by atoms with Crippen LogP contribution in [-0.4, -0.2) is 5.11 Å². The SMILES string of the molecule is N[C@@H](c1ccc(O)cc1F)C1CCCCC1. The molecule has 16 heavy (non-hydrogen) atoms. The maximum atomic E-state index is 13.6. The van der Waals surface area contributed by atoms with E-state index in [1.54, 1.807) is 6.07 Å². The molecule has 1 atom stereocenters. The van der Waals surface area contributed by atoms with Gasteiger partial charge in [-0.2, -0.15) is 0 Å². The smallest absolute Gasteiger partial charge is 0.131 e. The maximum absolute atomic E-state index is 13.6. The molecule has 1 aliphatic rings. The summed E-state index contributed by atoms with van der Waals surface area (Å²) in [4.78, 5) is 0. The molecule has 0 spiro atoms. The lowest BCUT2D eigenvalue weighted by Crippen LogP contribution is -2.24. The first kappa shape index (κ1) is 11.4. The van der Waals surface area contributed by atoms with Crippen molar-refractivity contribution in [1.29, 1.82) is 0 Å². The Hall–Kier alpha value is -1.09. The summed E-state index contributed by atoms with van der Waals surface area (Å²) in [5.74, 6) is -0.0528. The number of halogens is 1. The van der Waals surface area contributed by atoms with Gasteiger partial charge in [-0.3, -0.25) is 0 Å². The van der Waals surface area contributed by atoms with Crippen molar-refractivity contribution in [2.45, 2.75) is 38.1 Å². The second-order valence-electron chi connectivity index (χ2n) is 4.63. The third kappa shape index (κ3) is 2.35. The van der Waals surface area contributed by atoms with Gasteiger partial charge in [0, 0.05) is 17.7 Å². The molecule has 0 unspecified atom stereocenters. The monoisotopic (exact) mass is 223 g/mol. The topological polar surface area (TPSA) is 46.2 Å². The van der Waals surface area contributed by atoms with E-state index in [4.69, 9.17) is 10.8 Å². The third-order valence-corrected chi connectivity index (χ3v) is 3.50. The molecule has 2 rings (SSSR count). The number of hydrogen-bond acceptors (Lipinski definition) is 2. The summed E-state index contributed by atoms with van der Waals surface area (Å²) in [7, 11) is 0. The molecule has 1 aliphatic carbocycles. The zero-order chi connectivity index (χ0) is 11.5. The molecule has 3 N–H and O–H groups in total. The average Bonchev–Trinajstić information content (AvgIpc) is 2.29. The summed E-state index contributed by atoms with van der Waals surface area (Å²) in [5, 5.41) is 9.15. The van der Waals surface area contributed by atoms with Gasteiger partial charge >= 0.3 is 0 Å². The lowest BCUT2D eigenvalue weighted by molar-refractivity contribution is 0.303. The summed E-state index contributed by atoms with van der Waals surface area (Å²) < 4.78 is 13.6. The summed E-state index contributed by atoms with van der Waals surface area (Å²) in [6.45, 7) is 0. The normalized spacial score (nSPS) is 19.6. The number of nitrogens with two attached hydrogens (primary N) is 1. The fourth-order valence-corrected chi connectivity index (χ4v) is 2.53. The van der Waals surface area contributed by atoms with Crippen LogP contribution in [0.3, 0.4) is 0 Å². The van der Waals surface area contributed by atoms with Crippen molar-refractivity contribution in [1.82, 2.24) is 0 Å². The van der Waals surface area contributed by atoms with Crippen LogP contribution in [0.1, 0.15) is 43.7 Å². The van der Waals surface area contributed by atoms with Gasteiger partial charge in [-0.1, -0.05) is 25.3 Å². The van der Waals surface area contributed by atoms with Gasteiger partial charge in [0.1, 0.15) is 11.6 Å². The lowest BCUT2D eigenvalue weighted by atomic mass is 9.81. The molecule has 88 valence electrons. The standard InChI is InChI=1S/C13H18FNO/c14-12-8-10(16)6-7-11(12)13(15)9-4-2-1-3-5-9/h6-9,13,16H,1-5,15H2/t13-/m1/s1. The molecular formula is C13H18FNO. The zero-order valence-corrected chi connectivity index (χ0v) is 9.32. The average molecular weight is 223 g/mol. The predicted molar refractivity (Wildman–Crippen MR) is 61.6 cm³/mol. The van der Waals surface area contributed by atoms with Crippen LogP contribution >= 0.6 is 0 Å². The molecule has 1 fully saturated rings. The van der Waals surface area contributed by atoms with Crippen molar-refractivity contribution in [2.24, 2.45) is 11.7 Å². The highest BCUT2D eigenvalue weighted by Crippen LogP contribution is 2.34. The highest BCUT2D eigenvalue weighted by Gasteiger charge is 2.23. The largest absolute Gasteiger partial charge is 0.508 e. The maximum Gasteiger partial charge on any atom is 0.131 e. The number of rotatable bonds is 2. The summed E-state index contributed by atoms with van der Waals surface area (Å²) >= 11 is 0. The van der Waals surface area contributed by atoms with Gasteiger partial charge in [-0.25, -0.2) is 4.39 Å². The molecule has 1 saturated carbocycles. The van der Waals surface area contributed by atoms with Gasteiger partial charge in [-0.15, -0.1) is 0 Å². The number of phenolic OH excluding ortho intramolecular Hbond substituents is 1. The predicted octanol–water partition coefficient (Wildman–Crippen LogP) is 3.11. The Balaban J connectivity index is 2.15. The fourth-order valence-electron chi connectivity index (χ4n) is 2.53. The minimum atomic E-state index is -0.391. The van der Waals surface area contributed by atoms with Crippen LogP contribution < -0.4 is 5.73 Å². The van der Waals surface area contributed by atoms with E-state index in [0.717, 1.165) is 18.9 Å². The van der Waals surface area contributed by atoms with E-state index in [1.807, 2.05) is 0 Å². The Labute approximate surface area is 95.3 Å². The Morgan fingerprint density at radius 3 is 2.56 bits per heavy atom. The molecule has 2 nitrogen and oxygen atoms in total. The summed E-state index contributed by atoms with van der Waals surface area (Å²) in [5.41, 5.74) is 6.63. The number of phenols is 1. The first-order valence-electron chi connectivity index (χ1n) is 5.92. The van der Waals surface area contributed by atoms with Crippen LogP contribution in [0.25, 0.3) is 0 Å². The number of benzene rings is 1. The van der Waals surface area contributed by atoms with Crippen LogP contribution in [0.4, 0.5) is 4.39 Å². The van der Waals surface area contributed by atoms with E-state index in [9.17, 15) is 4.39 Å². The first-order chi connectivity index (χ1) is 7.68. The van der Waals surface area contributed by atoms with Crippen LogP contribution in [0.5, 0.6) is 5.75 Å². The first-order valence-corrected chi connectivity index (χ1v) is 5.92. The number of aromatic hydroxyl groups is 1. The molecule has 0 heterocycles.